The van der Waals surface area contributed by atoms with Gasteiger partial charge in [-0.3, -0.25) is 9.78 Å². The zero-order chi connectivity index (χ0) is 36.9. The van der Waals surface area contributed by atoms with E-state index in [4.69, 9.17) is 9.40 Å². The summed E-state index contributed by atoms with van der Waals surface area (Å²) in [5.41, 5.74) is 7.61. The summed E-state index contributed by atoms with van der Waals surface area (Å²) in [6.45, 7) is 19.3. The molecule has 0 aliphatic heterocycles. The molecule has 0 fully saturated rings. The van der Waals surface area contributed by atoms with Crippen LogP contribution >= 0.6 is 11.3 Å². The third kappa shape index (κ3) is 9.50. The fraction of sp³-hybridized carbons (Fsp3) is 0.391. The first-order valence-corrected chi connectivity index (χ1v) is 19.6. The first-order valence-electron chi connectivity index (χ1n) is 18.7. The van der Waals surface area contributed by atoms with E-state index in [1.54, 1.807) is 11.3 Å². The van der Waals surface area contributed by atoms with Crippen LogP contribution in [0.25, 0.3) is 54.3 Å². The van der Waals surface area contributed by atoms with E-state index in [1.165, 1.54) is 27.3 Å². The zero-order valence-electron chi connectivity index (χ0n) is 32.2. The van der Waals surface area contributed by atoms with Crippen LogP contribution < -0.4 is 0 Å². The van der Waals surface area contributed by atoms with Gasteiger partial charge in [-0.25, -0.2) is 0 Å². The minimum atomic E-state index is 0. The Kier molecular flexibility index (Phi) is 14.2. The number of furan rings is 1. The van der Waals surface area contributed by atoms with Crippen molar-refractivity contribution in [3.8, 4) is 22.4 Å². The van der Waals surface area contributed by atoms with Crippen molar-refractivity contribution in [1.29, 1.82) is 0 Å². The summed E-state index contributed by atoms with van der Waals surface area (Å²) in [6, 6.07) is 27.6. The average molecular weight is 893 g/mol. The molecule has 3 aromatic carbocycles. The predicted octanol–water partition coefficient (Wildman–Crippen LogP) is 13.7. The molecule has 0 saturated heterocycles. The van der Waals surface area contributed by atoms with Gasteiger partial charge in [-0.05, 0) is 71.7 Å². The van der Waals surface area contributed by atoms with Crippen LogP contribution in [-0.2, 0) is 36.7 Å². The second-order valence-corrected chi connectivity index (χ2v) is 16.1. The molecule has 277 valence electrons. The molecular weight excluding hydrogens is 839 g/mol. The maximum Gasteiger partial charge on any atom is 0.162 e. The second-order valence-electron chi connectivity index (χ2n) is 15.1. The molecule has 0 unspecified atom stereocenters. The van der Waals surface area contributed by atoms with Gasteiger partial charge in [0.15, 0.2) is 5.78 Å². The molecule has 1 radical (unpaired) electrons. The van der Waals surface area contributed by atoms with Crippen molar-refractivity contribution in [2.45, 2.75) is 99.8 Å². The number of aromatic nitrogens is 1. The zero-order valence-corrected chi connectivity index (χ0v) is 35.4. The van der Waals surface area contributed by atoms with Gasteiger partial charge in [-0.15, -0.1) is 40.5 Å². The number of ketones is 1. The minimum absolute atomic E-state index is 0. The van der Waals surface area contributed by atoms with Crippen molar-refractivity contribution in [2.24, 2.45) is 17.8 Å². The Morgan fingerprint density at radius 3 is 2.27 bits per heavy atom. The number of allylic oxidation sites excluding steroid dienone is 2. The summed E-state index contributed by atoms with van der Waals surface area (Å²) >= 11 is 1.74. The van der Waals surface area contributed by atoms with Crippen LogP contribution in [0.15, 0.2) is 88.4 Å². The molecule has 0 aliphatic carbocycles. The van der Waals surface area contributed by atoms with E-state index in [1.807, 2.05) is 27.7 Å². The summed E-state index contributed by atoms with van der Waals surface area (Å²) in [6.07, 6.45) is 5.86. The molecule has 3 heterocycles. The Hall–Kier alpha value is -3.57. The van der Waals surface area contributed by atoms with E-state index < -0.39 is 0 Å². The van der Waals surface area contributed by atoms with Gasteiger partial charge in [0.2, 0.25) is 0 Å². The number of carbonyl (C=O) groups is 1. The summed E-state index contributed by atoms with van der Waals surface area (Å²) in [5.74, 6) is 2.16. The smallest absolute Gasteiger partial charge is 0.162 e. The van der Waals surface area contributed by atoms with Crippen molar-refractivity contribution < 1.29 is 34.4 Å². The number of aliphatic hydroxyl groups excluding tert-OH is 1. The van der Waals surface area contributed by atoms with Gasteiger partial charge in [0.25, 0.3) is 0 Å². The van der Waals surface area contributed by atoms with Crippen LogP contribution in [0.5, 0.6) is 0 Å². The Morgan fingerprint density at radius 1 is 0.923 bits per heavy atom. The molecule has 3 aromatic heterocycles. The molecule has 6 rings (SSSR count). The molecule has 6 heteroatoms. The third-order valence-electron chi connectivity index (χ3n) is 9.84. The first kappa shape index (κ1) is 41.2. The van der Waals surface area contributed by atoms with Crippen LogP contribution in [0.1, 0.15) is 99.3 Å². The molecule has 0 atom stereocenters. The van der Waals surface area contributed by atoms with Crippen LogP contribution in [0.2, 0.25) is 0 Å². The summed E-state index contributed by atoms with van der Waals surface area (Å²) in [4.78, 5) is 16.8. The number of benzene rings is 3. The van der Waals surface area contributed by atoms with E-state index >= 15 is 0 Å². The number of hydrogen-bond acceptors (Lipinski definition) is 5. The molecule has 0 saturated carbocycles. The van der Waals surface area contributed by atoms with Gasteiger partial charge >= 0.3 is 0 Å². The van der Waals surface area contributed by atoms with E-state index in [0.29, 0.717) is 5.92 Å². The fourth-order valence-electron chi connectivity index (χ4n) is 6.83. The molecule has 52 heavy (non-hydrogen) atoms. The van der Waals surface area contributed by atoms with Crippen LogP contribution in [0.4, 0.5) is 0 Å². The third-order valence-corrected chi connectivity index (χ3v) is 10.8. The molecule has 0 spiro atoms. The van der Waals surface area contributed by atoms with Gasteiger partial charge in [0, 0.05) is 55.5 Å². The Bertz CT molecular complexity index is 2140. The number of hydrogen-bond donors (Lipinski definition) is 1. The number of rotatable bonds is 11. The second kappa shape index (κ2) is 18.0. The monoisotopic (exact) mass is 893 g/mol. The standard InChI is InChI=1S/C33H30NOS.C13H24O2.Ir/c1-20(2)14-25-16-23-11-10-22(18-31(23)35-25)27-19-30(34-29-12-13-36-32(27)29)24-15-21-8-6-7-9-26(21)28(17-24)33(3,4)5;1-5-10(6-2)12(14)9-13(15)11(7-3)8-4;/h6-13,16-20H,14H2,1-5H3;9-11,14H,5-8H2,1-4H3;/q-1;;/b;12-9-;. The SMILES string of the molecule is CC(C)Cc1cc2ccc(-c3cc(-c4[c-]c5ccccc5c(C(C)(C)C)c4)nc4ccsc34)cc2o1.CCC(CC)C(=O)/C=C(\O)C(CC)CC.[Ir]. The molecular formula is C46H54IrNO3S-. The number of pyridine rings is 1. The quantitative estimate of drug-likeness (QED) is 0.0800. The van der Waals surface area contributed by atoms with E-state index in [-0.39, 0.29) is 48.9 Å². The topological polar surface area (TPSA) is 63.3 Å². The van der Waals surface area contributed by atoms with Crippen molar-refractivity contribution in [3.05, 3.63) is 101 Å². The van der Waals surface area contributed by atoms with E-state index in [2.05, 4.69) is 113 Å². The van der Waals surface area contributed by atoms with E-state index in [0.717, 1.165) is 76.6 Å². The number of fused-ring (bicyclic) bond motifs is 3. The molecule has 0 bridgehead atoms. The average Bonchev–Trinajstić information content (AvgIpc) is 3.74. The van der Waals surface area contributed by atoms with Crippen molar-refractivity contribution in [3.63, 3.8) is 0 Å². The van der Waals surface area contributed by atoms with Crippen LogP contribution in [0.3, 0.4) is 0 Å². The Labute approximate surface area is 328 Å². The van der Waals surface area contributed by atoms with Crippen LogP contribution in [0, 0.1) is 23.8 Å². The number of thiophene rings is 1. The van der Waals surface area contributed by atoms with E-state index in [9.17, 15) is 9.90 Å². The Morgan fingerprint density at radius 2 is 1.62 bits per heavy atom. The normalized spacial score (nSPS) is 12.2. The van der Waals surface area contributed by atoms with Gasteiger partial charge in [-0.1, -0.05) is 110 Å². The molecule has 6 aromatic rings. The van der Waals surface area contributed by atoms with Crippen molar-refractivity contribution in [1.82, 2.24) is 4.98 Å². The van der Waals surface area contributed by atoms with Gasteiger partial charge in [-0.2, -0.15) is 0 Å². The largest absolute Gasteiger partial charge is 0.512 e. The van der Waals surface area contributed by atoms with Gasteiger partial charge in [0.1, 0.15) is 11.3 Å². The van der Waals surface area contributed by atoms with Gasteiger partial charge in [0.05, 0.1) is 16.0 Å². The molecule has 0 amide bonds. The number of nitrogens with zero attached hydrogens (tertiary/aromatic N) is 1. The Balaban J connectivity index is 0.000000323. The maximum atomic E-state index is 11.7. The fourth-order valence-corrected chi connectivity index (χ4v) is 7.70. The van der Waals surface area contributed by atoms with Gasteiger partial charge < -0.3 is 9.52 Å². The summed E-state index contributed by atoms with van der Waals surface area (Å²) in [5, 5.41) is 15.4. The van der Waals surface area contributed by atoms with Crippen LogP contribution in [-0.4, -0.2) is 15.9 Å². The predicted molar refractivity (Wildman–Crippen MR) is 218 cm³/mol. The minimum Gasteiger partial charge on any atom is -0.512 e. The first-order chi connectivity index (χ1) is 24.4. The molecule has 1 N–H and O–H groups in total. The maximum absolute atomic E-state index is 11.7. The van der Waals surface area contributed by atoms with Crippen molar-refractivity contribution in [2.75, 3.05) is 0 Å². The summed E-state index contributed by atoms with van der Waals surface area (Å²) < 4.78 is 7.43. The van der Waals surface area contributed by atoms with Crippen molar-refractivity contribution >= 4 is 49.1 Å². The number of carbonyl (C=O) groups excluding carboxylic acids is 1. The molecule has 4 nitrogen and oxygen atoms in total. The molecule has 0 aliphatic rings. The summed E-state index contributed by atoms with van der Waals surface area (Å²) in [7, 11) is 0. The number of aliphatic hydroxyl groups is 1.